The van der Waals surface area contributed by atoms with Crippen molar-refractivity contribution in [3.8, 4) is 0 Å². The lowest BCUT2D eigenvalue weighted by molar-refractivity contribution is -0.120. The van der Waals surface area contributed by atoms with E-state index in [2.05, 4.69) is 45.9 Å². The van der Waals surface area contributed by atoms with Gasteiger partial charge >= 0.3 is 0 Å². The number of hydrogen-bond donors (Lipinski definition) is 2. The third-order valence-corrected chi connectivity index (χ3v) is 5.01. The number of benzene rings is 2. The predicted octanol–water partition coefficient (Wildman–Crippen LogP) is 3.32. The Kier molecular flexibility index (Phi) is 4.22. The van der Waals surface area contributed by atoms with Gasteiger partial charge in [0, 0.05) is 18.8 Å². The highest BCUT2D eigenvalue weighted by atomic mass is 16.1. The highest BCUT2D eigenvalue weighted by Crippen LogP contribution is 2.38. The van der Waals surface area contributed by atoms with Crippen LogP contribution >= 0.6 is 0 Å². The fourth-order valence-corrected chi connectivity index (χ4v) is 3.71. The van der Waals surface area contributed by atoms with E-state index in [1.54, 1.807) is 0 Å². The highest BCUT2D eigenvalue weighted by molar-refractivity contribution is 5.97. The number of nitrogens with zero attached hydrogens (tertiary/aromatic N) is 1. The number of para-hydroxylation sites is 3. The van der Waals surface area contributed by atoms with E-state index in [4.69, 9.17) is 0 Å². The van der Waals surface area contributed by atoms with Gasteiger partial charge in [0.2, 0.25) is 5.91 Å². The average Bonchev–Trinajstić information content (AvgIpc) is 3.07. The van der Waals surface area contributed by atoms with Gasteiger partial charge < -0.3 is 15.5 Å². The van der Waals surface area contributed by atoms with Gasteiger partial charge in [-0.2, -0.15) is 0 Å². The molecule has 0 spiro atoms. The van der Waals surface area contributed by atoms with Crippen LogP contribution in [0.3, 0.4) is 0 Å². The van der Waals surface area contributed by atoms with Gasteiger partial charge in [0.25, 0.3) is 0 Å². The largest absolute Gasteiger partial charge is 0.339 e. The summed E-state index contributed by atoms with van der Waals surface area (Å²) >= 11 is 0. The van der Waals surface area contributed by atoms with Gasteiger partial charge in [0.15, 0.2) is 0 Å². The highest BCUT2D eigenvalue weighted by Gasteiger charge is 2.25. The number of hydrogen-bond acceptors (Lipinski definition) is 3. The van der Waals surface area contributed by atoms with Crippen LogP contribution in [-0.2, 0) is 11.2 Å². The second-order valence-electron chi connectivity index (χ2n) is 6.58. The molecule has 2 N–H and O–H groups in total. The molecule has 1 atom stereocenters. The Morgan fingerprint density at radius 2 is 1.88 bits per heavy atom. The SMILES string of the molecule is O=C(Nc1ccccc1N1CCc2ccccc21)C1CCCNC1. The molecular formula is C20H23N3O. The van der Waals surface area contributed by atoms with E-state index < -0.39 is 0 Å². The van der Waals surface area contributed by atoms with Crippen molar-refractivity contribution in [2.75, 3.05) is 29.9 Å². The van der Waals surface area contributed by atoms with Crippen LogP contribution in [0, 0.1) is 5.92 Å². The van der Waals surface area contributed by atoms with Crippen LogP contribution in [0.5, 0.6) is 0 Å². The van der Waals surface area contributed by atoms with Crippen molar-refractivity contribution >= 4 is 23.0 Å². The van der Waals surface area contributed by atoms with Crippen molar-refractivity contribution in [3.63, 3.8) is 0 Å². The molecule has 24 heavy (non-hydrogen) atoms. The number of carbonyl (C=O) groups is 1. The summed E-state index contributed by atoms with van der Waals surface area (Å²) < 4.78 is 0. The van der Waals surface area contributed by atoms with Crippen molar-refractivity contribution in [1.29, 1.82) is 0 Å². The fraction of sp³-hybridized carbons (Fsp3) is 0.350. The van der Waals surface area contributed by atoms with Crippen LogP contribution in [0.1, 0.15) is 18.4 Å². The Labute approximate surface area is 142 Å². The van der Waals surface area contributed by atoms with Crippen molar-refractivity contribution in [2.24, 2.45) is 5.92 Å². The Balaban J connectivity index is 1.58. The lowest BCUT2D eigenvalue weighted by Gasteiger charge is -2.25. The lowest BCUT2D eigenvalue weighted by Crippen LogP contribution is -2.37. The number of rotatable bonds is 3. The summed E-state index contributed by atoms with van der Waals surface area (Å²) in [5, 5.41) is 6.48. The summed E-state index contributed by atoms with van der Waals surface area (Å²) in [6, 6.07) is 16.6. The molecule has 0 aromatic heterocycles. The van der Waals surface area contributed by atoms with Crippen LogP contribution in [0.2, 0.25) is 0 Å². The summed E-state index contributed by atoms with van der Waals surface area (Å²) in [6.45, 7) is 2.75. The number of amides is 1. The zero-order valence-corrected chi connectivity index (χ0v) is 13.8. The van der Waals surface area contributed by atoms with Crippen LogP contribution in [0.15, 0.2) is 48.5 Å². The van der Waals surface area contributed by atoms with Crippen LogP contribution < -0.4 is 15.5 Å². The average molecular weight is 321 g/mol. The molecule has 4 rings (SSSR count). The van der Waals surface area contributed by atoms with Crippen LogP contribution in [0.25, 0.3) is 0 Å². The molecule has 0 aliphatic carbocycles. The number of anilines is 3. The number of nitrogens with one attached hydrogen (secondary N) is 2. The molecule has 2 aromatic rings. The quantitative estimate of drug-likeness (QED) is 0.911. The minimum atomic E-state index is 0.0673. The third kappa shape index (κ3) is 2.89. The van der Waals surface area contributed by atoms with Gasteiger partial charge in [0.05, 0.1) is 17.3 Å². The van der Waals surface area contributed by atoms with Crippen molar-refractivity contribution in [3.05, 3.63) is 54.1 Å². The number of piperidine rings is 1. The molecule has 1 fully saturated rings. The molecule has 0 bridgehead atoms. The second kappa shape index (κ2) is 6.65. The molecule has 2 aliphatic rings. The van der Waals surface area contributed by atoms with Crippen LogP contribution in [0.4, 0.5) is 17.1 Å². The molecule has 0 radical (unpaired) electrons. The monoisotopic (exact) mass is 321 g/mol. The summed E-state index contributed by atoms with van der Waals surface area (Å²) in [5.41, 5.74) is 4.61. The molecule has 0 saturated carbocycles. The van der Waals surface area contributed by atoms with Gasteiger partial charge in [-0.05, 0) is 49.6 Å². The fourth-order valence-electron chi connectivity index (χ4n) is 3.71. The Morgan fingerprint density at radius 3 is 2.71 bits per heavy atom. The minimum absolute atomic E-state index is 0.0673. The summed E-state index contributed by atoms with van der Waals surface area (Å²) in [6.07, 6.45) is 3.08. The first-order chi connectivity index (χ1) is 11.8. The molecule has 2 aliphatic heterocycles. The van der Waals surface area contributed by atoms with E-state index in [1.807, 2.05) is 18.2 Å². The van der Waals surface area contributed by atoms with E-state index >= 15 is 0 Å². The van der Waals surface area contributed by atoms with Gasteiger partial charge in [-0.25, -0.2) is 0 Å². The van der Waals surface area contributed by atoms with E-state index in [1.165, 1.54) is 11.3 Å². The first-order valence-electron chi connectivity index (χ1n) is 8.79. The molecule has 1 unspecified atom stereocenters. The topological polar surface area (TPSA) is 44.4 Å². The Hall–Kier alpha value is -2.33. The molecule has 1 saturated heterocycles. The minimum Gasteiger partial charge on any atom is -0.339 e. The van der Waals surface area contributed by atoms with Gasteiger partial charge in [-0.1, -0.05) is 30.3 Å². The van der Waals surface area contributed by atoms with Gasteiger partial charge in [0.1, 0.15) is 0 Å². The van der Waals surface area contributed by atoms with Crippen molar-refractivity contribution in [2.45, 2.75) is 19.3 Å². The zero-order valence-electron chi connectivity index (χ0n) is 13.8. The van der Waals surface area contributed by atoms with Gasteiger partial charge in [-0.15, -0.1) is 0 Å². The van der Waals surface area contributed by atoms with Crippen LogP contribution in [-0.4, -0.2) is 25.5 Å². The molecule has 4 heteroatoms. The molecule has 1 amide bonds. The maximum absolute atomic E-state index is 12.6. The lowest BCUT2D eigenvalue weighted by atomic mass is 9.98. The normalized spacial score (nSPS) is 19.8. The summed E-state index contributed by atoms with van der Waals surface area (Å²) in [4.78, 5) is 14.9. The van der Waals surface area contributed by atoms with Gasteiger partial charge in [-0.3, -0.25) is 4.79 Å². The standard InChI is InChI=1S/C20H23N3O/c24-20(16-7-5-12-21-14-16)22-17-8-2-4-10-19(17)23-13-11-15-6-1-3-9-18(15)23/h1-4,6,8-10,16,21H,5,7,11-14H2,(H,22,24). The number of carbonyl (C=O) groups excluding carboxylic acids is 1. The summed E-state index contributed by atoms with van der Waals surface area (Å²) in [7, 11) is 0. The van der Waals surface area contributed by atoms with Crippen molar-refractivity contribution in [1.82, 2.24) is 5.32 Å². The van der Waals surface area contributed by atoms with Crippen molar-refractivity contribution < 1.29 is 4.79 Å². The maximum atomic E-state index is 12.6. The smallest absolute Gasteiger partial charge is 0.228 e. The third-order valence-electron chi connectivity index (χ3n) is 5.01. The molecular weight excluding hydrogens is 298 g/mol. The van der Waals surface area contributed by atoms with E-state index in [0.717, 1.165) is 50.3 Å². The molecule has 4 nitrogen and oxygen atoms in total. The molecule has 2 heterocycles. The van der Waals surface area contributed by atoms with E-state index in [9.17, 15) is 4.79 Å². The Morgan fingerprint density at radius 1 is 1.08 bits per heavy atom. The first-order valence-corrected chi connectivity index (χ1v) is 8.79. The van der Waals surface area contributed by atoms with E-state index in [0.29, 0.717) is 0 Å². The summed E-state index contributed by atoms with van der Waals surface area (Å²) in [5.74, 6) is 0.194. The maximum Gasteiger partial charge on any atom is 0.228 e. The first kappa shape index (κ1) is 15.2. The predicted molar refractivity (Wildman–Crippen MR) is 97.8 cm³/mol. The second-order valence-corrected chi connectivity index (χ2v) is 6.58. The molecule has 124 valence electrons. The molecule has 2 aromatic carbocycles. The Bertz CT molecular complexity index is 737. The van der Waals surface area contributed by atoms with E-state index in [-0.39, 0.29) is 11.8 Å². The zero-order chi connectivity index (χ0) is 16.4. The number of fused-ring (bicyclic) bond motifs is 1.